The van der Waals surface area contributed by atoms with Crippen molar-refractivity contribution in [2.24, 2.45) is 5.10 Å². The fourth-order valence-electron chi connectivity index (χ4n) is 3.45. The van der Waals surface area contributed by atoms with E-state index in [1.54, 1.807) is 6.26 Å². The lowest BCUT2D eigenvalue weighted by molar-refractivity contribution is 0.0620. The highest BCUT2D eigenvalue weighted by molar-refractivity contribution is 5.94. The molecule has 0 atom stereocenters. The zero-order chi connectivity index (χ0) is 17.9. The highest BCUT2D eigenvalue weighted by Gasteiger charge is 2.23. The highest BCUT2D eigenvalue weighted by atomic mass is 16.3. The predicted octanol–water partition coefficient (Wildman–Crippen LogP) is 2.82. The summed E-state index contributed by atoms with van der Waals surface area (Å²) in [5.41, 5.74) is 2.94. The van der Waals surface area contributed by atoms with Gasteiger partial charge in [0.2, 0.25) is 0 Å². The Balaban J connectivity index is 1.33. The van der Waals surface area contributed by atoms with Crippen LogP contribution < -0.4 is 5.01 Å². The van der Waals surface area contributed by atoms with Crippen LogP contribution in [0.5, 0.6) is 0 Å². The molecule has 0 spiro atoms. The van der Waals surface area contributed by atoms with Crippen molar-refractivity contribution in [2.45, 2.75) is 19.9 Å². The number of benzene rings is 1. The number of hydrogen-bond acceptors (Lipinski definition) is 5. The minimum absolute atomic E-state index is 0.107. The first kappa shape index (κ1) is 16.8. The van der Waals surface area contributed by atoms with Gasteiger partial charge >= 0.3 is 0 Å². The third-order valence-corrected chi connectivity index (χ3v) is 5.01. The predicted molar refractivity (Wildman–Crippen MR) is 101 cm³/mol. The number of carbonyl (C=O) groups excluding carboxylic acids is 1. The topological polar surface area (TPSA) is 52.3 Å². The van der Waals surface area contributed by atoms with E-state index in [1.165, 1.54) is 0 Å². The summed E-state index contributed by atoms with van der Waals surface area (Å²) >= 11 is 0. The summed E-state index contributed by atoms with van der Waals surface area (Å²) in [4.78, 5) is 17.0. The molecule has 26 heavy (non-hydrogen) atoms. The normalized spacial score (nSPS) is 18.3. The van der Waals surface area contributed by atoms with Gasteiger partial charge in [-0.25, -0.2) is 0 Å². The second kappa shape index (κ2) is 7.33. The molecule has 0 N–H and O–H groups in total. The lowest BCUT2D eigenvalue weighted by atomic mass is 10.1. The van der Waals surface area contributed by atoms with E-state index >= 15 is 0 Å². The van der Waals surface area contributed by atoms with E-state index in [9.17, 15) is 4.79 Å². The first-order chi connectivity index (χ1) is 12.7. The molecule has 136 valence electrons. The molecule has 0 aliphatic carbocycles. The zero-order valence-electron chi connectivity index (χ0n) is 15.1. The molecule has 1 aromatic carbocycles. The molecule has 3 heterocycles. The molecule has 2 aliphatic heterocycles. The van der Waals surface area contributed by atoms with Crippen LogP contribution in [0.3, 0.4) is 0 Å². The Morgan fingerprint density at radius 2 is 1.85 bits per heavy atom. The molecule has 1 amide bonds. The summed E-state index contributed by atoms with van der Waals surface area (Å²) in [6.07, 6.45) is 2.70. The van der Waals surface area contributed by atoms with Crippen molar-refractivity contribution < 1.29 is 9.21 Å². The van der Waals surface area contributed by atoms with Gasteiger partial charge < -0.3 is 9.32 Å². The van der Waals surface area contributed by atoms with Crippen molar-refractivity contribution in [1.82, 2.24) is 9.80 Å². The van der Waals surface area contributed by atoms with Crippen molar-refractivity contribution in [3.63, 3.8) is 0 Å². The Hall–Kier alpha value is -2.60. The van der Waals surface area contributed by atoms with Gasteiger partial charge in [0, 0.05) is 50.4 Å². The van der Waals surface area contributed by atoms with E-state index in [4.69, 9.17) is 4.42 Å². The average Bonchev–Trinajstić information content (AvgIpc) is 3.34. The maximum Gasteiger partial charge on any atom is 0.253 e. The zero-order valence-corrected chi connectivity index (χ0v) is 15.1. The van der Waals surface area contributed by atoms with E-state index in [0.29, 0.717) is 0 Å². The number of amides is 1. The number of anilines is 1. The highest BCUT2D eigenvalue weighted by Crippen LogP contribution is 2.21. The molecule has 1 aromatic heterocycles. The minimum atomic E-state index is 0.107. The molecule has 1 fully saturated rings. The number of rotatable bonds is 4. The van der Waals surface area contributed by atoms with Crippen LogP contribution >= 0.6 is 0 Å². The SMILES string of the molecule is CC1=NN(c2ccc(C(=O)N3CCN(Cc4ccco4)CC3)cc2)CC1. The van der Waals surface area contributed by atoms with E-state index in [1.807, 2.05) is 53.2 Å². The molecule has 1 saturated heterocycles. The van der Waals surface area contributed by atoms with E-state index in [-0.39, 0.29) is 5.91 Å². The Kier molecular flexibility index (Phi) is 4.75. The smallest absolute Gasteiger partial charge is 0.253 e. The first-order valence-corrected chi connectivity index (χ1v) is 9.15. The number of carbonyl (C=O) groups is 1. The molecule has 0 radical (unpaired) electrons. The van der Waals surface area contributed by atoms with E-state index in [0.717, 1.165) is 68.4 Å². The van der Waals surface area contributed by atoms with Crippen LogP contribution in [0, 0.1) is 0 Å². The van der Waals surface area contributed by atoms with Crippen LogP contribution in [-0.2, 0) is 6.54 Å². The molecule has 0 saturated carbocycles. The largest absolute Gasteiger partial charge is 0.468 e. The van der Waals surface area contributed by atoms with Gasteiger partial charge in [-0.15, -0.1) is 0 Å². The van der Waals surface area contributed by atoms with Crippen molar-refractivity contribution >= 4 is 17.3 Å². The van der Waals surface area contributed by atoms with E-state index in [2.05, 4.69) is 10.0 Å². The van der Waals surface area contributed by atoms with Crippen molar-refractivity contribution in [3.05, 3.63) is 54.0 Å². The van der Waals surface area contributed by atoms with Crippen LogP contribution in [0.4, 0.5) is 5.69 Å². The quantitative estimate of drug-likeness (QED) is 0.849. The molecule has 4 rings (SSSR count). The van der Waals surface area contributed by atoms with Crippen LogP contribution in [0.25, 0.3) is 0 Å². The number of hydrazone groups is 1. The number of nitrogens with zero attached hydrogens (tertiary/aromatic N) is 4. The van der Waals surface area contributed by atoms with Crippen molar-refractivity contribution in [3.8, 4) is 0 Å². The second-order valence-corrected chi connectivity index (χ2v) is 6.90. The molecule has 6 nitrogen and oxygen atoms in total. The van der Waals surface area contributed by atoms with Gasteiger partial charge in [0.05, 0.1) is 18.5 Å². The lowest BCUT2D eigenvalue weighted by Gasteiger charge is -2.34. The standard InChI is InChI=1S/C20H24N4O2/c1-16-8-9-24(21-16)18-6-4-17(5-7-18)20(25)23-12-10-22(11-13-23)15-19-3-2-14-26-19/h2-7,14H,8-13,15H2,1H3. The monoisotopic (exact) mass is 352 g/mol. The molecule has 2 aliphatic rings. The summed E-state index contributed by atoms with van der Waals surface area (Å²) in [7, 11) is 0. The third kappa shape index (κ3) is 3.65. The molecule has 0 bridgehead atoms. The minimum Gasteiger partial charge on any atom is -0.468 e. The summed E-state index contributed by atoms with van der Waals surface area (Å²) in [6.45, 7) is 6.99. The van der Waals surface area contributed by atoms with Crippen LogP contribution in [0.2, 0.25) is 0 Å². The van der Waals surface area contributed by atoms with Crippen LogP contribution in [0.15, 0.2) is 52.2 Å². The van der Waals surface area contributed by atoms with Gasteiger partial charge in [0.15, 0.2) is 0 Å². The summed E-state index contributed by atoms with van der Waals surface area (Å²) in [5, 5.41) is 6.50. The Bertz CT molecular complexity index is 775. The second-order valence-electron chi connectivity index (χ2n) is 6.90. The molecular weight excluding hydrogens is 328 g/mol. The summed E-state index contributed by atoms with van der Waals surface area (Å²) in [5.74, 6) is 1.08. The lowest BCUT2D eigenvalue weighted by Crippen LogP contribution is -2.48. The Morgan fingerprint density at radius 1 is 1.08 bits per heavy atom. The van der Waals surface area contributed by atoms with Crippen molar-refractivity contribution in [2.75, 3.05) is 37.7 Å². The maximum atomic E-state index is 12.8. The number of hydrogen-bond donors (Lipinski definition) is 0. The molecule has 0 unspecified atom stereocenters. The summed E-state index contributed by atoms with van der Waals surface area (Å²) < 4.78 is 5.40. The van der Waals surface area contributed by atoms with Gasteiger partial charge in [-0.05, 0) is 43.3 Å². The van der Waals surface area contributed by atoms with E-state index < -0.39 is 0 Å². The van der Waals surface area contributed by atoms with Gasteiger partial charge in [-0.1, -0.05) is 0 Å². The van der Waals surface area contributed by atoms with Gasteiger partial charge in [-0.2, -0.15) is 5.10 Å². The number of piperazine rings is 1. The fourth-order valence-corrected chi connectivity index (χ4v) is 3.45. The average molecular weight is 352 g/mol. The Labute approximate surface area is 153 Å². The van der Waals surface area contributed by atoms with Crippen LogP contribution in [0.1, 0.15) is 29.5 Å². The maximum absolute atomic E-state index is 12.8. The van der Waals surface area contributed by atoms with Gasteiger partial charge in [-0.3, -0.25) is 14.7 Å². The Morgan fingerprint density at radius 3 is 2.46 bits per heavy atom. The van der Waals surface area contributed by atoms with Crippen LogP contribution in [-0.4, -0.2) is 54.1 Å². The fraction of sp³-hybridized carbons (Fsp3) is 0.400. The van der Waals surface area contributed by atoms with Crippen molar-refractivity contribution in [1.29, 1.82) is 0 Å². The first-order valence-electron chi connectivity index (χ1n) is 9.15. The number of furan rings is 1. The molecular formula is C20H24N4O2. The molecule has 6 heteroatoms. The van der Waals surface area contributed by atoms with Gasteiger partial charge in [0.1, 0.15) is 5.76 Å². The third-order valence-electron chi connectivity index (χ3n) is 5.01. The van der Waals surface area contributed by atoms with Gasteiger partial charge in [0.25, 0.3) is 5.91 Å². The molecule has 2 aromatic rings. The summed E-state index contributed by atoms with van der Waals surface area (Å²) in [6, 6.07) is 11.7.